The average Bonchev–Trinajstić information content (AvgIpc) is 2.96. The lowest BCUT2D eigenvalue weighted by Crippen LogP contribution is -2.00. The Balaban J connectivity index is 2.03. The molecule has 1 aliphatic carbocycles. The van der Waals surface area contributed by atoms with E-state index in [9.17, 15) is 20.2 Å². The fraction of sp³-hybridized carbons (Fsp3) is 0.308. The van der Waals surface area contributed by atoms with Gasteiger partial charge in [-0.05, 0) is 31.2 Å². The molecule has 110 valence electrons. The highest BCUT2D eigenvalue weighted by Gasteiger charge is 2.19. The molecule has 2 rings (SSSR count). The minimum Gasteiger partial charge on any atom is -0.272 e. The highest BCUT2D eigenvalue weighted by Crippen LogP contribution is 2.28. The first-order valence-corrected chi connectivity index (χ1v) is 6.43. The third-order valence-electron chi connectivity index (χ3n) is 3.21. The second-order valence-electron chi connectivity index (χ2n) is 4.68. The number of rotatable bonds is 6. The maximum atomic E-state index is 10.9. The number of non-ortho nitro benzene ring substituents is 1. The minimum atomic E-state index is -0.675. The molecule has 0 aromatic heterocycles. The molecular formula is C13H14N4O4. The molecule has 1 aliphatic rings. The number of nitrogens with zero attached hydrogens (tertiary/aromatic N) is 3. The number of nitro groups is 2. The van der Waals surface area contributed by atoms with Crippen LogP contribution in [0.1, 0.15) is 19.3 Å². The number of hydrogen-bond donors (Lipinski definition) is 1. The van der Waals surface area contributed by atoms with Crippen LogP contribution >= 0.6 is 0 Å². The van der Waals surface area contributed by atoms with E-state index in [-0.39, 0.29) is 17.1 Å². The van der Waals surface area contributed by atoms with Gasteiger partial charge in [-0.25, -0.2) is 0 Å². The summed E-state index contributed by atoms with van der Waals surface area (Å²) < 4.78 is 0. The van der Waals surface area contributed by atoms with Gasteiger partial charge < -0.3 is 0 Å². The van der Waals surface area contributed by atoms with Crippen LogP contribution in [-0.4, -0.2) is 16.1 Å². The Morgan fingerprint density at radius 3 is 2.57 bits per heavy atom. The fourth-order valence-electron chi connectivity index (χ4n) is 2.06. The molecule has 1 aromatic carbocycles. The second-order valence-corrected chi connectivity index (χ2v) is 4.68. The third-order valence-corrected chi connectivity index (χ3v) is 3.21. The summed E-state index contributed by atoms with van der Waals surface area (Å²) in [6.07, 6.45) is 8.72. The molecule has 1 N–H and O–H groups in total. The molecule has 0 aliphatic heterocycles. The van der Waals surface area contributed by atoms with E-state index in [0.29, 0.717) is 5.92 Å². The summed E-state index contributed by atoms with van der Waals surface area (Å²) in [5.74, 6) is 0.530. The maximum Gasteiger partial charge on any atom is 0.301 e. The highest BCUT2D eigenvalue weighted by atomic mass is 16.6. The zero-order valence-corrected chi connectivity index (χ0v) is 11.1. The molecule has 0 spiro atoms. The predicted octanol–water partition coefficient (Wildman–Crippen LogP) is 3.26. The molecule has 0 heterocycles. The molecule has 0 saturated carbocycles. The van der Waals surface area contributed by atoms with Crippen LogP contribution in [0.5, 0.6) is 0 Å². The summed E-state index contributed by atoms with van der Waals surface area (Å²) in [6, 6.07) is 3.40. The van der Waals surface area contributed by atoms with Gasteiger partial charge >= 0.3 is 5.69 Å². The van der Waals surface area contributed by atoms with Crippen molar-refractivity contribution in [3.05, 3.63) is 50.6 Å². The number of benzene rings is 1. The van der Waals surface area contributed by atoms with Crippen molar-refractivity contribution in [2.24, 2.45) is 11.0 Å². The molecule has 0 radical (unpaired) electrons. The lowest BCUT2D eigenvalue weighted by atomic mass is 10.0. The first-order valence-electron chi connectivity index (χ1n) is 6.43. The predicted molar refractivity (Wildman–Crippen MR) is 78.3 cm³/mol. The summed E-state index contributed by atoms with van der Waals surface area (Å²) in [4.78, 5) is 20.2. The number of hydrazone groups is 1. The van der Waals surface area contributed by atoms with E-state index in [4.69, 9.17) is 0 Å². The Kier molecular flexibility index (Phi) is 4.60. The van der Waals surface area contributed by atoms with Crippen LogP contribution in [-0.2, 0) is 0 Å². The maximum absolute atomic E-state index is 10.9. The van der Waals surface area contributed by atoms with Gasteiger partial charge in [0, 0.05) is 12.3 Å². The van der Waals surface area contributed by atoms with E-state index in [1.807, 2.05) is 0 Å². The van der Waals surface area contributed by atoms with Gasteiger partial charge in [-0.15, -0.1) is 0 Å². The largest absolute Gasteiger partial charge is 0.301 e. The van der Waals surface area contributed by atoms with Gasteiger partial charge in [0.2, 0.25) is 0 Å². The molecule has 0 amide bonds. The Labute approximate surface area is 120 Å². The van der Waals surface area contributed by atoms with E-state index in [2.05, 4.69) is 22.7 Å². The lowest BCUT2D eigenvalue weighted by molar-refractivity contribution is -0.393. The molecule has 0 fully saturated rings. The van der Waals surface area contributed by atoms with Gasteiger partial charge in [-0.3, -0.25) is 25.7 Å². The van der Waals surface area contributed by atoms with Gasteiger partial charge in [0.1, 0.15) is 5.69 Å². The van der Waals surface area contributed by atoms with Gasteiger partial charge in [-0.1, -0.05) is 12.2 Å². The van der Waals surface area contributed by atoms with Crippen LogP contribution in [0.15, 0.2) is 35.5 Å². The van der Waals surface area contributed by atoms with Gasteiger partial charge in [0.25, 0.3) is 5.69 Å². The van der Waals surface area contributed by atoms with Crippen molar-refractivity contribution in [2.45, 2.75) is 19.3 Å². The summed E-state index contributed by atoms with van der Waals surface area (Å²) >= 11 is 0. The summed E-state index contributed by atoms with van der Waals surface area (Å²) in [6.45, 7) is 0. The fourth-order valence-corrected chi connectivity index (χ4v) is 2.06. The van der Waals surface area contributed by atoms with Crippen molar-refractivity contribution in [3.63, 3.8) is 0 Å². The molecule has 1 aromatic rings. The monoisotopic (exact) mass is 290 g/mol. The molecule has 0 atom stereocenters. The first kappa shape index (κ1) is 14.6. The van der Waals surface area contributed by atoms with E-state index in [1.54, 1.807) is 6.21 Å². The van der Waals surface area contributed by atoms with Crippen LogP contribution in [0.2, 0.25) is 0 Å². The van der Waals surface area contributed by atoms with Crippen molar-refractivity contribution in [2.75, 3.05) is 5.43 Å². The Bertz CT molecular complexity index is 604. The van der Waals surface area contributed by atoms with Crippen molar-refractivity contribution in [1.82, 2.24) is 0 Å². The van der Waals surface area contributed by atoms with Gasteiger partial charge in [-0.2, -0.15) is 5.10 Å². The summed E-state index contributed by atoms with van der Waals surface area (Å²) in [5.41, 5.74) is 2.00. The molecule has 0 bridgehead atoms. The number of allylic oxidation sites excluding steroid dienone is 2. The molecule has 0 unspecified atom stereocenters. The summed E-state index contributed by atoms with van der Waals surface area (Å²) in [5, 5.41) is 25.5. The zero-order chi connectivity index (χ0) is 15.2. The molecule has 0 saturated heterocycles. The SMILES string of the molecule is O=[N+]([O-])c1ccc(N/N=C/CC2CC=CC2)c([N+](=O)[O-])c1. The van der Waals surface area contributed by atoms with Crippen molar-refractivity contribution in [3.8, 4) is 0 Å². The molecule has 8 heteroatoms. The number of anilines is 1. The van der Waals surface area contributed by atoms with Crippen LogP contribution in [0.25, 0.3) is 0 Å². The smallest absolute Gasteiger partial charge is 0.272 e. The lowest BCUT2D eigenvalue weighted by Gasteiger charge is -2.04. The van der Waals surface area contributed by atoms with Crippen molar-refractivity contribution >= 4 is 23.3 Å². The number of nitro benzene ring substituents is 2. The third kappa shape index (κ3) is 3.85. The van der Waals surface area contributed by atoms with E-state index in [0.717, 1.165) is 25.3 Å². The quantitative estimate of drug-likeness (QED) is 0.374. The van der Waals surface area contributed by atoms with Crippen LogP contribution < -0.4 is 5.43 Å². The van der Waals surface area contributed by atoms with Crippen LogP contribution in [0.4, 0.5) is 17.1 Å². The van der Waals surface area contributed by atoms with Crippen molar-refractivity contribution in [1.29, 1.82) is 0 Å². The van der Waals surface area contributed by atoms with E-state index < -0.39 is 9.85 Å². The Morgan fingerprint density at radius 2 is 1.95 bits per heavy atom. The first-order chi connectivity index (χ1) is 10.1. The Hall–Kier alpha value is -2.77. The van der Waals surface area contributed by atoms with E-state index >= 15 is 0 Å². The molecule has 21 heavy (non-hydrogen) atoms. The molecular weight excluding hydrogens is 276 g/mol. The molecule has 8 nitrogen and oxygen atoms in total. The van der Waals surface area contributed by atoms with E-state index in [1.165, 1.54) is 12.1 Å². The normalized spacial score (nSPS) is 14.7. The number of hydrogen-bond acceptors (Lipinski definition) is 6. The summed E-state index contributed by atoms with van der Waals surface area (Å²) in [7, 11) is 0. The topological polar surface area (TPSA) is 111 Å². The average molecular weight is 290 g/mol. The van der Waals surface area contributed by atoms with Crippen LogP contribution in [0.3, 0.4) is 0 Å². The standard InChI is InChI=1S/C13H14N4O4/c18-16(19)11-5-6-12(13(9-11)17(20)21)15-14-8-7-10-3-1-2-4-10/h1-2,5-6,8-10,15H,3-4,7H2/b14-8+. The van der Waals surface area contributed by atoms with Crippen molar-refractivity contribution < 1.29 is 9.85 Å². The number of nitrogens with one attached hydrogen (secondary N) is 1. The zero-order valence-electron chi connectivity index (χ0n) is 11.1. The van der Waals surface area contributed by atoms with Crippen LogP contribution in [0, 0.1) is 26.1 Å². The Morgan fingerprint density at radius 1 is 1.24 bits per heavy atom. The highest BCUT2D eigenvalue weighted by molar-refractivity contribution is 5.67. The van der Waals surface area contributed by atoms with Gasteiger partial charge in [0.15, 0.2) is 0 Å². The van der Waals surface area contributed by atoms with Gasteiger partial charge in [0.05, 0.1) is 15.9 Å². The minimum absolute atomic E-state index is 0.131. The second kappa shape index (κ2) is 6.60.